The highest BCUT2D eigenvalue weighted by Crippen LogP contribution is 2.27. The monoisotopic (exact) mass is 343 g/mol. The molecule has 0 atom stereocenters. The molecule has 0 aliphatic carbocycles. The molecule has 0 spiro atoms. The van der Waals surface area contributed by atoms with Crippen LogP contribution in [0.2, 0.25) is 0 Å². The lowest BCUT2D eigenvalue weighted by Gasteiger charge is -2.30. The molecule has 0 bridgehead atoms. The number of fused-ring (bicyclic) bond motifs is 2. The van der Waals surface area contributed by atoms with Crippen molar-refractivity contribution in [3.8, 4) is 11.1 Å². The van der Waals surface area contributed by atoms with Gasteiger partial charge in [0.1, 0.15) is 6.33 Å². The summed E-state index contributed by atoms with van der Waals surface area (Å²) in [5, 5.41) is 12.7. The van der Waals surface area contributed by atoms with Crippen LogP contribution in [0.3, 0.4) is 0 Å². The first-order chi connectivity index (χ1) is 12.8. The maximum Gasteiger partial charge on any atom is 0.177 e. The molecule has 4 aromatic heterocycles. The van der Waals surface area contributed by atoms with Crippen LogP contribution in [0.1, 0.15) is 16.8 Å². The summed E-state index contributed by atoms with van der Waals surface area (Å²) in [6.45, 7) is 3.75. The SMILES string of the molecule is Cc1cc2nncn2nc1N1CCc2ncc(-c3cccnc3)cc2C1. The number of anilines is 1. The Morgan fingerprint density at radius 3 is 2.96 bits per heavy atom. The minimum absolute atomic E-state index is 0.768. The Bertz CT molecular complexity index is 1090. The van der Waals surface area contributed by atoms with E-state index in [0.29, 0.717) is 0 Å². The van der Waals surface area contributed by atoms with Gasteiger partial charge in [0, 0.05) is 54.9 Å². The van der Waals surface area contributed by atoms with Gasteiger partial charge in [-0.25, -0.2) is 0 Å². The summed E-state index contributed by atoms with van der Waals surface area (Å²) in [6, 6.07) is 8.25. The molecule has 0 saturated carbocycles. The third kappa shape index (κ3) is 2.48. The number of aryl methyl sites for hydroxylation is 1. The van der Waals surface area contributed by atoms with Crippen molar-refractivity contribution >= 4 is 11.5 Å². The Balaban J connectivity index is 1.51. The molecular formula is C19H17N7. The second-order valence-corrected chi connectivity index (χ2v) is 6.53. The average Bonchev–Trinajstić information content (AvgIpc) is 3.14. The standard InChI is InChI=1S/C19H17N7/c1-13-7-18-23-22-12-26(18)24-19(13)25-6-4-17-16(11-25)8-15(10-21-17)14-3-2-5-20-9-14/h2-3,5,7-10,12H,4,6,11H2,1H3. The number of aromatic nitrogens is 6. The Labute approximate surface area is 150 Å². The van der Waals surface area contributed by atoms with Crippen LogP contribution in [0.25, 0.3) is 16.8 Å². The quantitative estimate of drug-likeness (QED) is 0.557. The fourth-order valence-corrected chi connectivity index (χ4v) is 3.46. The molecule has 7 heteroatoms. The molecule has 7 nitrogen and oxygen atoms in total. The third-order valence-corrected chi connectivity index (χ3v) is 4.79. The zero-order valence-corrected chi connectivity index (χ0v) is 14.4. The predicted octanol–water partition coefficient (Wildman–Crippen LogP) is 2.45. The van der Waals surface area contributed by atoms with E-state index in [9.17, 15) is 0 Å². The van der Waals surface area contributed by atoms with Crippen LogP contribution < -0.4 is 4.90 Å². The van der Waals surface area contributed by atoms with Crippen LogP contribution in [-0.4, -0.2) is 36.3 Å². The van der Waals surface area contributed by atoms with Gasteiger partial charge < -0.3 is 4.90 Å². The number of pyridine rings is 2. The zero-order chi connectivity index (χ0) is 17.5. The second kappa shape index (κ2) is 5.87. The maximum atomic E-state index is 4.70. The van der Waals surface area contributed by atoms with E-state index in [1.807, 2.05) is 24.5 Å². The van der Waals surface area contributed by atoms with Gasteiger partial charge in [0.05, 0.1) is 0 Å². The van der Waals surface area contributed by atoms with E-state index in [0.717, 1.165) is 53.4 Å². The Morgan fingerprint density at radius 1 is 1.12 bits per heavy atom. The molecule has 0 fully saturated rings. The van der Waals surface area contributed by atoms with Gasteiger partial charge in [-0.05, 0) is 36.2 Å². The van der Waals surface area contributed by atoms with Crippen LogP contribution in [0.15, 0.2) is 49.2 Å². The van der Waals surface area contributed by atoms with E-state index in [2.05, 4.69) is 44.1 Å². The van der Waals surface area contributed by atoms with Gasteiger partial charge in [-0.3, -0.25) is 9.97 Å². The maximum absolute atomic E-state index is 4.70. The second-order valence-electron chi connectivity index (χ2n) is 6.53. The molecule has 26 heavy (non-hydrogen) atoms. The molecule has 4 aromatic rings. The first kappa shape index (κ1) is 14.9. The van der Waals surface area contributed by atoms with E-state index in [1.165, 1.54) is 5.56 Å². The lowest BCUT2D eigenvalue weighted by atomic mass is 10.0. The van der Waals surface area contributed by atoms with Gasteiger partial charge in [0.15, 0.2) is 11.5 Å². The van der Waals surface area contributed by atoms with Gasteiger partial charge in [0.2, 0.25) is 0 Å². The molecule has 0 N–H and O–H groups in total. The molecule has 0 saturated heterocycles. The molecule has 1 aliphatic rings. The summed E-state index contributed by atoms with van der Waals surface area (Å²) in [6.07, 6.45) is 8.14. The average molecular weight is 343 g/mol. The van der Waals surface area contributed by atoms with Gasteiger partial charge >= 0.3 is 0 Å². The van der Waals surface area contributed by atoms with Crippen LogP contribution in [0, 0.1) is 6.92 Å². The van der Waals surface area contributed by atoms with Gasteiger partial charge in [0.25, 0.3) is 0 Å². The van der Waals surface area contributed by atoms with E-state index in [4.69, 9.17) is 5.10 Å². The van der Waals surface area contributed by atoms with Crippen molar-refractivity contribution in [2.24, 2.45) is 0 Å². The van der Waals surface area contributed by atoms with E-state index >= 15 is 0 Å². The minimum atomic E-state index is 0.768. The van der Waals surface area contributed by atoms with Gasteiger partial charge in [-0.15, -0.1) is 15.3 Å². The zero-order valence-electron chi connectivity index (χ0n) is 14.4. The van der Waals surface area contributed by atoms with Crippen LogP contribution in [-0.2, 0) is 13.0 Å². The Kier molecular flexibility index (Phi) is 3.38. The Morgan fingerprint density at radius 2 is 2.08 bits per heavy atom. The molecule has 128 valence electrons. The van der Waals surface area contributed by atoms with Crippen molar-refractivity contribution in [1.82, 2.24) is 29.8 Å². The van der Waals surface area contributed by atoms with Crippen LogP contribution in [0.4, 0.5) is 5.82 Å². The van der Waals surface area contributed by atoms with Crippen LogP contribution in [0.5, 0.6) is 0 Å². The molecule has 0 amide bonds. The topological polar surface area (TPSA) is 72.1 Å². The number of nitrogens with zero attached hydrogens (tertiary/aromatic N) is 7. The first-order valence-corrected chi connectivity index (χ1v) is 8.59. The highest BCUT2D eigenvalue weighted by molar-refractivity contribution is 5.63. The van der Waals surface area contributed by atoms with Crippen molar-refractivity contribution in [1.29, 1.82) is 0 Å². The summed E-state index contributed by atoms with van der Waals surface area (Å²) in [7, 11) is 0. The Hall–Kier alpha value is -3.35. The van der Waals surface area contributed by atoms with Crippen LogP contribution >= 0.6 is 0 Å². The lowest BCUT2D eigenvalue weighted by Crippen LogP contribution is -2.32. The number of rotatable bonds is 2. The van der Waals surface area contributed by atoms with Crippen molar-refractivity contribution in [3.05, 3.63) is 66.0 Å². The third-order valence-electron chi connectivity index (χ3n) is 4.79. The molecule has 0 aromatic carbocycles. The summed E-state index contributed by atoms with van der Waals surface area (Å²) < 4.78 is 1.72. The van der Waals surface area contributed by atoms with Crippen molar-refractivity contribution in [3.63, 3.8) is 0 Å². The van der Waals surface area contributed by atoms with Crippen molar-refractivity contribution < 1.29 is 0 Å². The molecule has 1 aliphatic heterocycles. The lowest BCUT2D eigenvalue weighted by molar-refractivity contribution is 0.689. The summed E-state index contributed by atoms with van der Waals surface area (Å²) in [5.74, 6) is 0.967. The fraction of sp³-hybridized carbons (Fsp3) is 0.211. The normalized spacial score (nSPS) is 13.8. The van der Waals surface area contributed by atoms with Gasteiger partial charge in [-0.2, -0.15) is 4.52 Å². The van der Waals surface area contributed by atoms with E-state index < -0.39 is 0 Å². The summed E-state index contributed by atoms with van der Waals surface area (Å²) >= 11 is 0. The minimum Gasteiger partial charge on any atom is -0.350 e. The van der Waals surface area contributed by atoms with Gasteiger partial charge in [-0.1, -0.05) is 6.07 Å². The van der Waals surface area contributed by atoms with Crippen molar-refractivity contribution in [2.75, 3.05) is 11.4 Å². The predicted molar refractivity (Wildman–Crippen MR) is 97.7 cm³/mol. The summed E-state index contributed by atoms with van der Waals surface area (Å²) in [5.41, 5.74) is 6.45. The number of hydrogen-bond acceptors (Lipinski definition) is 6. The fourth-order valence-electron chi connectivity index (χ4n) is 3.46. The van der Waals surface area contributed by atoms with E-state index in [1.54, 1.807) is 17.0 Å². The highest BCUT2D eigenvalue weighted by Gasteiger charge is 2.21. The number of hydrogen-bond donors (Lipinski definition) is 0. The smallest absolute Gasteiger partial charge is 0.177 e. The molecule has 0 unspecified atom stereocenters. The van der Waals surface area contributed by atoms with Crippen molar-refractivity contribution in [2.45, 2.75) is 19.9 Å². The first-order valence-electron chi connectivity index (χ1n) is 8.59. The summed E-state index contributed by atoms with van der Waals surface area (Å²) in [4.78, 5) is 11.2. The van der Waals surface area contributed by atoms with E-state index in [-0.39, 0.29) is 0 Å². The molecular weight excluding hydrogens is 326 g/mol. The highest BCUT2D eigenvalue weighted by atomic mass is 15.4. The molecule has 5 rings (SSSR count). The molecule has 5 heterocycles. The molecule has 0 radical (unpaired) electrons. The largest absolute Gasteiger partial charge is 0.350 e.